The molecule has 0 radical (unpaired) electrons. The van der Waals surface area contributed by atoms with Gasteiger partial charge in [-0.05, 0) is 25.5 Å². The SMILES string of the molecule is CC(=O)N1CCN(C(=O)COC(=O)NC(C)CN2CC(C)(C)c3cc(C)ccc32)CC1. The van der Waals surface area contributed by atoms with Crippen LogP contribution in [-0.2, 0) is 19.7 Å². The van der Waals surface area contributed by atoms with Gasteiger partial charge in [-0.1, -0.05) is 31.5 Å². The molecule has 1 fully saturated rings. The second-order valence-electron chi connectivity index (χ2n) is 9.29. The zero-order valence-corrected chi connectivity index (χ0v) is 19.2. The van der Waals surface area contributed by atoms with Gasteiger partial charge in [0.25, 0.3) is 5.91 Å². The molecule has 8 nitrogen and oxygen atoms in total. The lowest BCUT2D eigenvalue weighted by atomic mass is 9.86. The Bertz CT molecular complexity index is 846. The van der Waals surface area contributed by atoms with Crippen LogP contribution in [0.3, 0.4) is 0 Å². The molecule has 8 heteroatoms. The topological polar surface area (TPSA) is 82.2 Å². The van der Waals surface area contributed by atoms with Crippen LogP contribution >= 0.6 is 0 Å². The second kappa shape index (κ2) is 9.16. The van der Waals surface area contributed by atoms with Gasteiger partial charge in [0.1, 0.15) is 0 Å². The van der Waals surface area contributed by atoms with E-state index in [0.717, 1.165) is 6.54 Å². The third kappa shape index (κ3) is 5.48. The average Bonchev–Trinajstić information content (AvgIpc) is 2.95. The molecule has 0 spiro atoms. The minimum absolute atomic E-state index is 0.0101. The van der Waals surface area contributed by atoms with E-state index < -0.39 is 6.09 Å². The highest BCUT2D eigenvalue weighted by molar-refractivity contribution is 5.81. The molecule has 1 atom stereocenters. The molecule has 2 heterocycles. The summed E-state index contributed by atoms with van der Waals surface area (Å²) in [6.07, 6.45) is -0.592. The lowest BCUT2D eigenvalue weighted by molar-refractivity contribution is -0.140. The molecule has 31 heavy (non-hydrogen) atoms. The van der Waals surface area contributed by atoms with Gasteiger partial charge in [-0.2, -0.15) is 0 Å². The van der Waals surface area contributed by atoms with Crippen molar-refractivity contribution in [1.82, 2.24) is 15.1 Å². The van der Waals surface area contributed by atoms with Crippen molar-refractivity contribution < 1.29 is 19.1 Å². The number of benzene rings is 1. The number of anilines is 1. The van der Waals surface area contributed by atoms with Crippen molar-refractivity contribution in [2.75, 3.05) is 50.8 Å². The molecule has 1 aromatic carbocycles. The Hall–Kier alpha value is -2.77. The smallest absolute Gasteiger partial charge is 0.407 e. The van der Waals surface area contributed by atoms with Gasteiger partial charge in [0, 0.05) is 63.3 Å². The number of hydrogen-bond donors (Lipinski definition) is 1. The van der Waals surface area contributed by atoms with E-state index >= 15 is 0 Å². The van der Waals surface area contributed by atoms with Crippen LogP contribution in [-0.4, -0.2) is 79.6 Å². The number of aryl methyl sites for hydroxylation is 1. The Balaban J connectivity index is 1.44. The molecule has 1 aromatic rings. The zero-order chi connectivity index (χ0) is 22.8. The molecule has 0 aliphatic carbocycles. The summed E-state index contributed by atoms with van der Waals surface area (Å²) in [6, 6.07) is 6.37. The van der Waals surface area contributed by atoms with Crippen molar-refractivity contribution in [3.05, 3.63) is 29.3 Å². The number of hydrogen-bond acceptors (Lipinski definition) is 5. The summed E-state index contributed by atoms with van der Waals surface area (Å²) in [5.41, 5.74) is 3.84. The number of alkyl carbamates (subject to hydrolysis) is 1. The van der Waals surface area contributed by atoms with Gasteiger partial charge in [-0.3, -0.25) is 9.59 Å². The molecule has 0 saturated carbocycles. The van der Waals surface area contributed by atoms with Crippen molar-refractivity contribution in [3.63, 3.8) is 0 Å². The number of carbonyl (C=O) groups excluding carboxylic acids is 3. The van der Waals surface area contributed by atoms with Gasteiger partial charge in [0.2, 0.25) is 5.91 Å². The molecule has 2 aliphatic heterocycles. The van der Waals surface area contributed by atoms with E-state index in [9.17, 15) is 14.4 Å². The van der Waals surface area contributed by atoms with Crippen LogP contribution in [0.2, 0.25) is 0 Å². The average molecular weight is 431 g/mol. The van der Waals surface area contributed by atoms with Crippen LogP contribution in [0.1, 0.15) is 38.8 Å². The van der Waals surface area contributed by atoms with E-state index in [1.165, 1.54) is 23.7 Å². The Labute approximate surface area is 184 Å². The maximum absolute atomic E-state index is 12.3. The van der Waals surface area contributed by atoms with E-state index in [1.807, 2.05) is 6.92 Å². The number of rotatable bonds is 5. The number of piperazine rings is 1. The fourth-order valence-electron chi connectivity index (χ4n) is 4.39. The van der Waals surface area contributed by atoms with Crippen molar-refractivity contribution in [2.45, 2.75) is 46.1 Å². The molecule has 3 amide bonds. The lowest BCUT2D eigenvalue weighted by Crippen LogP contribution is -2.51. The summed E-state index contributed by atoms with van der Waals surface area (Å²) in [7, 11) is 0. The summed E-state index contributed by atoms with van der Waals surface area (Å²) in [6.45, 7) is 13.2. The van der Waals surface area contributed by atoms with Crippen molar-refractivity contribution in [2.24, 2.45) is 0 Å². The molecular weight excluding hydrogens is 396 g/mol. The van der Waals surface area contributed by atoms with Gasteiger partial charge >= 0.3 is 6.09 Å². The monoisotopic (exact) mass is 430 g/mol. The number of carbonyl (C=O) groups is 3. The Kier molecular flexibility index (Phi) is 6.77. The third-order valence-electron chi connectivity index (χ3n) is 6.07. The second-order valence-corrected chi connectivity index (χ2v) is 9.29. The number of nitrogens with zero attached hydrogens (tertiary/aromatic N) is 3. The van der Waals surface area contributed by atoms with E-state index in [-0.39, 0.29) is 29.9 Å². The van der Waals surface area contributed by atoms with E-state index in [1.54, 1.807) is 9.80 Å². The van der Waals surface area contributed by atoms with Crippen LogP contribution in [0.15, 0.2) is 18.2 Å². The summed E-state index contributed by atoms with van der Waals surface area (Å²) >= 11 is 0. The largest absolute Gasteiger partial charge is 0.439 e. The highest BCUT2D eigenvalue weighted by Crippen LogP contribution is 2.40. The molecule has 0 aromatic heterocycles. The molecule has 1 N–H and O–H groups in total. The first-order valence-corrected chi connectivity index (χ1v) is 10.9. The Morgan fingerprint density at radius 2 is 1.77 bits per heavy atom. The Morgan fingerprint density at radius 3 is 2.42 bits per heavy atom. The lowest BCUT2D eigenvalue weighted by Gasteiger charge is -2.34. The first-order chi connectivity index (χ1) is 14.6. The van der Waals surface area contributed by atoms with Crippen LogP contribution in [0.5, 0.6) is 0 Å². The first-order valence-electron chi connectivity index (χ1n) is 10.9. The predicted octanol–water partition coefficient (Wildman–Crippen LogP) is 1.90. The summed E-state index contributed by atoms with van der Waals surface area (Å²) < 4.78 is 5.15. The van der Waals surface area contributed by atoms with Crippen molar-refractivity contribution in [1.29, 1.82) is 0 Å². The van der Waals surface area contributed by atoms with Crippen LogP contribution in [0, 0.1) is 6.92 Å². The molecule has 170 valence electrons. The van der Waals surface area contributed by atoms with E-state index in [4.69, 9.17) is 4.74 Å². The fourth-order valence-corrected chi connectivity index (χ4v) is 4.39. The quantitative estimate of drug-likeness (QED) is 0.772. The van der Waals surface area contributed by atoms with Crippen molar-refractivity contribution >= 4 is 23.6 Å². The highest BCUT2D eigenvalue weighted by Gasteiger charge is 2.35. The highest BCUT2D eigenvalue weighted by atomic mass is 16.6. The fraction of sp³-hybridized carbons (Fsp3) is 0.609. The maximum Gasteiger partial charge on any atom is 0.407 e. The molecule has 2 aliphatic rings. The zero-order valence-electron chi connectivity index (χ0n) is 19.2. The molecule has 3 rings (SSSR count). The minimum atomic E-state index is -0.592. The standard InChI is InChI=1S/C23H34N4O4/c1-16-6-7-20-19(12-16)23(4,5)15-27(20)13-17(2)24-22(30)31-14-21(29)26-10-8-25(9-11-26)18(3)28/h6-7,12,17H,8-11,13-15H2,1-5H3,(H,24,30). The maximum atomic E-state index is 12.3. The number of fused-ring (bicyclic) bond motifs is 1. The van der Waals surface area contributed by atoms with Gasteiger partial charge in [-0.25, -0.2) is 4.79 Å². The van der Waals surface area contributed by atoms with Gasteiger partial charge < -0.3 is 24.8 Å². The summed E-state index contributed by atoms with van der Waals surface area (Å²) in [4.78, 5) is 41.5. The molecule has 1 saturated heterocycles. The third-order valence-corrected chi connectivity index (χ3v) is 6.07. The van der Waals surface area contributed by atoms with Crippen LogP contribution < -0.4 is 10.2 Å². The van der Waals surface area contributed by atoms with Gasteiger partial charge in [0.05, 0.1) is 0 Å². The van der Waals surface area contributed by atoms with Gasteiger partial charge in [-0.15, -0.1) is 0 Å². The molecule has 1 unspecified atom stereocenters. The van der Waals surface area contributed by atoms with Crippen LogP contribution in [0.25, 0.3) is 0 Å². The van der Waals surface area contributed by atoms with Crippen molar-refractivity contribution in [3.8, 4) is 0 Å². The molecule has 0 bridgehead atoms. The van der Waals surface area contributed by atoms with E-state index in [2.05, 4.69) is 49.2 Å². The number of nitrogens with one attached hydrogen (secondary N) is 1. The van der Waals surface area contributed by atoms with Crippen LogP contribution in [0.4, 0.5) is 10.5 Å². The number of ether oxygens (including phenoxy) is 1. The minimum Gasteiger partial charge on any atom is -0.439 e. The first kappa shape index (κ1) is 22.9. The predicted molar refractivity (Wildman–Crippen MR) is 119 cm³/mol. The summed E-state index contributed by atoms with van der Waals surface area (Å²) in [5, 5.41) is 2.83. The Morgan fingerprint density at radius 1 is 1.13 bits per heavy atom. The van der Waals surface area contributed by atoms with E-state index in [0.29, 0.717) is 32.7 Å². The summed E-state index contributed by atoms with van der Waals surface area (Å²) in [5.74, 6) is -0.229. The number of amides is 3. The molecular formula is C23H34N4O4. The normalized spacial score (nSPS) is 18.4. The van der Waals surface area contributed by atoms with Gasteiger partial charge in [0.15, 0.2) is 6.61 Å².